The van der Waals surface area contributed by atoms with Gasteiger partial charge in [-0.05, 0) is 127 Å². The highest BCUT2D eigenvalue weighted by atomic mass is 32.2. The van der Waals surface area contributed by atoms with Crippen molar-refractivity contribution in [3.8, 4) is 46.8 Å². The zero-order valence-corrected chi connectivity index (χ0v) is 43.3. The van der Waals surface area contributed by atoms with E-state index in [4.69, 9.17) is 18.9 Å². The molecule has 0 aliphatic rings. The van der Waals surface area contributed by atoms with E-state index in [0.29, 0.717) is 23.0 Å². The predicted octanol–water partition coefficient (Wildman–Crippen LogP) is 15.2. The lowest BCUT2D eigenvalue weighted by atomic mass is 10.1. The number of hydrogen-bond acceptors (Lipinski definition) is 14. The van der Waals surface area contributed by atoms with E-state index in [1.54, 1.807) is 24.3 Å². The molecule has 0 spiro atoms. The van der Waals surface area contributed by atoms with Gasteiger partial charge in [0.15, 0.2) is 0 Å². The summed E-state index contributed by atoms with van der Waals surface area (Å²) < 4.78 is 98.0. The quantitative estimate of drug-likeness (QED) is 0.0522. The molecule has 392 valence electrons. The maximum Gasteiger partial charge on any atom is 0.327 e. The van der Waals surface area contributed by atoms with Crippen LogP contribution in [-0.4, -0.2) is 45.9 Å². The van der Waals surface area contributed by atoms with E-state index in [0.717, 1.165) is 43.1 Å². The third kappa shape index (κ3) is 11.7. The number of nitrogens with one attached hydrogen (secondary N) is 2. The maximum absolute atomic E-state index is 13.0. The summed E-state index contributed by atoms with van der Waals surface area (Å²) in [5, 5.41) is 13.9. The summed E-state index contributed by atoms with van der Waals surface area (Å²) in [7, 11) is -9.83. The number of fused-ring (bicyclic) bond motifs is 4. The van der Waals surface area contributed by atoms with Crippen LogP contribution in [0.15, 0.2) is 228 Å². The minimum atomic E-state index is -4.92. The molecule has 16 nitrogen and oxygen atoms in total. The summed E-state index contributed by atoms with van der Waals surface area (Å²) in [6.07, 6.45) is 2.58. The molecule has 18 heteroatoms. The summed E-state index contributed by atoms with van der Waals surface area (Å²) in [4.78, 5) is 17.1. The molecular formula is C62H42N6O10S2. The number of aromatic nitrogens is 4. The average Bonchev–Trinajstić information content (AvgIpc) is 3.45. The first-order valence-electron chi connectivity index (χ1n) is 24.7. The van der Waals surface area contributed by atoms with Crippen LogP contribution in [0.25, 0.3) is 55.2 Å². The van der Waals surface area contributed by atoms with Crippen LogP contribution in [0, 0.1) is 0 Å². The van der Waals surface area contributed by atoms with Crippen molar-refractivity contribution in [2.45, 2.75) is 9.79 Å². The molecular weight excluding hydrogens is 1050 g/mol. The fourth-order valence-corrected chi connectivity index (χ4v) is 10.3. The van der Waals surface area contributed by atoms with Crippen LogP contribution in [0.3, 0.4) is 0 Å². The summed E-state index contributed by atoms with van der Waals surface area (Å²) in [5.74, 6) is 2.36. The fraction of sp³-hybridized carbons (Fsp3) is 0. The molecule has 0 aliphatic carbocycles. The molecule has 10 aromatic carbocycles. The normalized spacial score (nSPS) is 11.8. The molecule has 0 amide bonds. The van der Waals surface area contributed by atoms with Gasteiger partial charge in [-0.2, -0.15) is 36.8 Å². The Morgan fingerprint density at radius 2 is 0.650 bits per heavy atom. The minimum absolute atomic E-state index is 0.0243. The zero-order valence-electron chi connectivity index (χ0n) is 41.7. The van der Waals surface area contributed by atoms with E-state index < -0.39 is 30.0 Å². The van der Waals surface area contributed by atoms with Crippen molar-refractivity contribution < 1.29 is 44.9 Å². The van der Waals surface area contributed by atoms with Crippen LogP contribution < -0.4 is 29.6 Å². The van der Waals surface area contributed by atoms with Crippen LogP contribution in [0.4, 0.5) is 23.0 Å². The number of hydrogen-bond donors (Lipinski definition) is 4. The van der Waals surface area contributed by atoms with Crippen molar-refractivity contribution in [1.82, 2.24) is 19.9 Å². The van der Waals surface area contributed by atoms with Crippen LogP contribution >= 0.6 is 0 Å². The van der Waals surface area contributed by atoms with Crippen LogP contribution in [0.1, 0.15) is 11.1 Å². The van der Waals surface area contributed by atoms with Gasteiger partial charge in [0.05, 0.1) is 0 Å². The Morgan fingerprint density at radius 3 is 0.975 bits per heavy atom. The van der Waals surface area contributed by atoms with Gasteiger partial charge < -0.3 is 29.6 Å². The van der Waals surface area contributed by atoms with E-state index in [1.807, 2.05) is 146 Å². The number of benzene rings is 10. The molecule has 12 aromatic rings. The lowest BCUT2D eigenvalue weighted by Crippen LogP contribution is -2.04. The third-order valence-corrected chi connectivity index (χ3v) is 14.5. The third-order valence-electron chi connectivity index (χ3n) is 12.7. The second-order valence-corrected chi connectivity index (χ2v) is 21.0. The van der Waals surface area contributed by atoms with Crippen LogP contribution in [-0.2, 0) is 20.2 Å². The first-order chi connectivity index (χ1) is 38.8. The summed E-state index contributed by atoms with van der Waals surface area (Å²) in [6.45, 7) is 0. The molecule has 80 heavy (non-hydrogen) atoms. The molecule has 0 atom stereocenters. The van der Waals surface area contributed by atoms with E-state index in [1.165, 1.54) is 60.7 Å². The highest BCUT2D eigenvalue weighted by molar-refractivity contribution is 7.86. The Labute approximate surface area is 457 Å². The van der Waals surface area contributed by atoms with Gasteiger partial charge >= 0.3 is 12.0 Å². The van der Waals surface area contributed by atoms with Crippen molar-refractivity contribution in [1.29, 1.82) is 0 Å². The molecule has 2 aromatic heterocycles. The van der Waals surface area contributed by atoms with Crippen molar-refractivity contribution >= 4 is 98.5 Å². The molecule has 0 bridgehead atoms. The second-order valence-electron chi connectivity index (χ2n) is 18.2. The van der Waals surface area contributed by atoms with Crippen molar-refractivity contribution in [3.05, 3.63) is 230 Å². The molecule has 2 heterocycles. The predicted molar refractivity (Wildman–Crippen MR) is 308 cm³/mol. The summed E-state index contributed by atoms with van der Waals surface area (Å²) >= 11 is 0. The summed E-state index contributed by atoms with van der Waals surface area (Å²) in [6, 6.07) is 64.4. The lowest BCUT2D eigenvalue weighted by Gasteiger charge is -2.13. The monoisotopic (exact) mass is 1090 g/mol. The van der Waals surface area contributed by atoms with Gasteiger partial charge in [0.2, 0.25) is 11.8 Å². The van der Waals surface area contributed by atoms with Gasteiger partial charge in [0, 0.05) is 23.5 Å². The number of anilines is 4. The molecule has 0 unspecified atom stereocenters. The van der Waals surface area contributed by atoms with Crippen LogP contribution in [0.5, 0.6) is 46.8 Å². The van der Waals surface area contributed by atoms with E-state index in [9.17, 15) is 25.9 Å². The zero-order chi connectivity index (χ0) is 54.8. The number of rotatable bonds is 16. The minimum Gasteiger partial charge on any atom is -0.439 e. The van der Waals surface area contributed by atoms with E-state index in [-0.39, 0.29) is 57.9 Å². The SMILES string of the molecule is O=S(=O)(O)c1cc(Nc2cc(Oc3ccc4ccccc4c3)nc(Oc3ccc4ccccc4c3)n2)ccc1C=Cc1ccc(Nc2cc(Oc3ccc4ccccc4c3)nc(Oc3ccc4ccccc4c3)n2)cc1S(=O)(=O)O. The van der Waals surface area contributed by atoms with Gasteiger partial charge in [-0.15, -0.1) is 0 Å². The molecule has 0 saturated heterocycles. The van der Waals surface area contributed by atoms with Gasteiger partial charge in [0.1, 0.15) is 44.4 Å². The smallest absolute Gasteiger partial charge is 0.327 e. The highest BCUT2D eigenvalue weighted by Crippen LogP contribution is 2.35. The molecule has 0 radical (unpaired) electrons. The fourth-order valence-electron chi connectivity index (χ4n) is 8.93. The standard InChI is InChI=1S/C62H42N6O10S2/c69-79(70,71)55-35-49(63-57-37-59(75-51-27-21-39-9-1-5-13-45(39)31-51)67-61(65-57)77-53-29-23-41-11-3-7-15-47(41)33-53)25-19-43(55)17-18-44-20-26-50(36-56(44)80(72,73)74)64-58-38-60(76-52-28-22-40-10-2-6-14-46(40)32-52)68-62(66-58)78-54-30-24-42-12-4-8-16-48(42)34-54/h1-38H,(H,63,65,67)(H,64,66,68)(H,69,70,71)(H,72,73,74). The first-order valence-corrected chi connectivity index (χ1v) is 27.5. The number of nitrogens with zero attached hydrogens (tertiary/aromatic N) is 4. The summed E-state index contributed by atoms with van der Waals surface area (Å²) in [5.41, 5.74) is 0.307. The molecule has 0 fully saturated rings. The maximum atomic E-state index is 13.0. The Morgan fingerprint density at radius 1 is 0.338 bits per heavy atom. The van der Waals surface area contributed by atoms with Gasteiger partial charge in [0.25, 0.3) is 20.2 Å². The Balaban J connectivity index is 0.829. The van der Waals surface area contributed by atoms with Crippen molar-refractivity contribution in [3.63, 3.8) is 0 Å². The topological polar surface area (TPSA) is 221 Å². The largest absolute Gasteiger partial charge is 0.439 e. The van der Waals surface area contributed by atoms with Crippen molar-refractivity contribution in [2.24, 2.45) is 0 Å². The molecule has 0 saturated carbocycles. The molecule has 4 N–H and O–H groups in total. The molecule has 0 aliphatic heterocycles. The van der Waals surface area contributed by atoms with Gasteiger partial charge in [-0.1, -0.05) is 146 Å². The van der Waals surface area contributed by atoms with E-state index >= 15 is 0 Å². The number of ether oxygens (including phenoxy) is 4. The highest BCUT2D eigenvalue weighted by Gasteiger charge is 2.20. The Kier molecular flexibility index (Phi) is 13.5. The van der Waals surface area contributed by atoms with Crippen molar-refractivity contribution in [2.75, 3.05) is 10.6 Å². The second kappa shape index (κ2) is 21.3. The molecule has 12 rings (SSSR count). The van der Waals surface area contributed by atoms with E-state index in [2.05, 4.69) is 30.6 Å². The Bertz CT molecular complexity index is 4170. The lowest BCUT2D eigenvalue weighted by molar-refractivity contribution is 0.412. The average molecular weight is 1100 g/mol. The van der Waals surface area contributed by atoms with Gasteiger partial charge in [-0.3, -0.25) is 9.11 Å². The van der Waals surface area contributed by atoms with Crippen LogP contribution in [0.2, 0.25) is 0 Å². The van der Waals surface area contributed by atoms with Gasteiger partial charge in [-0.25, -0.2) is 0 Å². The Hall–Kier alpha value is -10.2. The first kappa shape index (κ1) is 50.6.